The molecular weight excluding hydrogens is 268 g/mol. The van der Waals surface area contributed by atoms with E-state index in [2.05, 4.69) is 4.98 Å². The van der Waals surface area contributed by atoms with Crippen LogP contribution in [0.25, 0.3) is 5.65 Å². The first-order valence-electron chi connectivity index (χ1n) is 7.13. The summed E-state index contributed by atoms with van der Waals surface area (Å²) < 4.78 is 1.84. The molecule has 110 valence electrons. The molecule has 3 rings (SSSR count). The third-order valence-electron chi connectivity index (χ3n) is 3.81. The standard InChI is InChI=1S/C15H18N4O2/c1-12(20)17-7-4-8-18(10-9-17)15(21)13-11-19-6-3-2-5-14(19)16-13/h2-3,5-6,11H,4,7-10H2,1H3. The van der Waals surface area contributed by atoms with Crippen LogP contribution in [0, 0.1) is 0 Å². The topological polar surface area (TPSA) is 57.9 Å². The maximum atomic E-state index is 12.5. The first-order valence-corrected chi connectivity index (χ1v) is 7.13. The Bertz CT molecular complexity index is 646. The fraction of sp³-hybridized carbons (Fsp3) is 0.400. The second-order valence-electron chi connectivity index (χ2n) is 5.24. The number of fused-ring (bicyclic) bond motifs is 1. The van der Waals surface area contributed by atoms with Gasteiger partial charge in [-0.15, -0.1) is 0 Å². The van der Waals surface area contributed by atoms with Crippen LogP contribution in [0.15, 0.2) is 30.6 Å². The Labute approximate surface area is 123 Å². The molecule has 0 aromatic carbocycles. The van der Waals surface area contributed by atoms with Crippen LogP contribution in [0.1, 0.15) is 23.8 Å². The van der Waals surface area contributed by atoms with Gasteiger partial charge in [-0.25, -0.2) is 4.98 Å². The number of hydrogen-bond acceptors (Lipinski definition) is 3. The molecule has 0 saturated carbocycles. The highest BCUT2D eigenvalue weighted by atomic mass is 16.2. The Morgan fingerprint density at radius 1 is 1.10 bits per heavy atom. The minimum atomic E-state index is -0.0656. The Morgan fingerprint density at radius 2 is 1.86 bits per heavy atom. The number of imidazole rings is 1. The Morgan fingerprint density at radius 3 is 2.62 bits per heavy atom. The molecule has 2 aromatic rings. The van der Waals surface area contributed by atoms with Gasteiger partial charge in [0.25, 0.3) is 5.91 Å². The minimum Gasteiger partial charge on any atom is -0.341 e. The molecule has 21 heavy (non-hydrogen) atoms. The summed E-state index contributed by atoms with van der Waals surface area (Å²) in [5, 5.41) is 0. The molecule has 1 fully saturated rings. The first-order chi connectivity index (χ1) is 10.1. The van der Waals surface area contributed by atoms with Crippen molar-refractivity contribution < 1.29 is 9.59 Å². The van der Waals surface area contributed by atoms with Crippen LogP contribution >= 0.6 is 0 Å². The molecule has 0 unspecified atom stereocenters. The molecule has 2 amide bonds. The molecule has 6 nitrogen and oxygen atoms in total. The first kappa shape index (κ1) is 13.6. The van der Waals surface area contributed by atoms with Crippen LogP contribution < -0.4 is 0 Å². The van der Waals surface area contributed by atoms with Crippen LogP contribution in [0.4, 0.5) is 0 Å². The summed E-state index contributed by atoms with van der Waals surface area (Å²) in [4.78, 5) is 31.9. The zero-order valence-electron chi connectivity index (χ0n) is 12.0. The van der Waals surface area contributed by atoms with E-state index in [-0.39, 0.29) is 11.8 Å². The van der Waals surface area contributed by atoms with Crippen LogP contribution in [0.2, 0.25) is 0 Å². The average Bonchev–Trinajstić information content (AvgIpc) is 2.75. The van der Waals surface area contributed by atoms with Gasteiger partial charge in [-0.05, 0) is 18.6 Å². The number of carbonyl (C=O) groups is 2. The zero-order valence-corrected chi connectivity index (χ0v) is 12.0. The molecule has 0 aliphatic carbocycles. The molecule has 0 atom stereocenters. The molecular formula is C15H18N4O2. The smallest absolute Gasteiger partial charge is 0.274 e. The molecule has 2 aromatic heterocycles. The van der Waals surface area contributed by atoms with E-state index in [9.17, 15) is 9.59 Å². The number of aromatic nitrogens is 2. The van der Waals surface area contributed by atoms with E-state index in [0.29, 0.717) is 31.9 Å². The van der Waals surface area contributed by atoms with E-state index in [0.717, 1.165) is 12.1 Å². The number of carbonyl (C=O) groups excluding carboxylic acids is 2. The lowest BCUT2D eigenvalue weighted by Crippen LogP contribution is -2.36. The van der Waals surface area contributed by atoms with Crippen molar-refractivity contribution in [3.8, 4) is 0 Å². The fourth-order valence-corrected chi connectivity index (χ4v) is 2.64. The Kier molecular flexibility index (Phi) is 3.60. The van der Waals surface area contributed by atoms with E-state index in [1.807, 2.05) is 28.8 Å². The van der Waals surface area contributed by atoms with Crippen molar-refractivity contribution in [1.82, 2.24) is 19.2 Å². The van der Waals surface area contributed by atoms with E-state index in [1.165, 1.54) is 0 Å². The number of hydrogen-bond donors (Lipinski definition) is 0. The van der Waals surface area contributed by atoms with Gasteiger partial charge in [0.1, 0.15) is 11.3 Å². The van der Waals surface area contributed by atoms with Crippen molar-refractivity contribution in [2.45, 2.75) is 13.3 Å². The number of nitrogens with zero attached hydrogens (tertiary/aromatic N) is 4. The van der Waals surface area contributed by atoms with Gasteiger partial charge in [-0.3, -0.25) is 9.59 Å². The third kappa shape index (κ3) is 2.74. The molecule has 0 spiro atoms. The van der Waals surface area contributed by atoms with Crippen LogP contribution in [-0.4, -0.2) is 57.2 Å². The van der Waals surface area contributed by atoms with Crippen LogP contribution in [-0.2, 0) is 4.79 Å². The summed E-state index contributed by atoms with van der Waals surface area (Å²) in [6.45, 7) is 4.10. The SMILES string of the molecule is CC(=O)N1CCCN(C(=O)c2cn3ccccc3n2)CC1. The monoisotopic (exact) mass is 286 g/mol. The highest BCUT2D eigenvalue weighted by molar-refractivity contribution is 5.93. The molecule has 0 bridgehead atoms. The summed E-state index contributed by atoms with van der Waals surface area (Å²) in [5.74, 6) is 0.00105. The van der Waals surface area contributed by atoms with E-state index < -0.39 is 0 Å². The predicted molar refractivity (Wildman–Crippen MR) is 78.0 cm³/mol. The molecule has 3 heterocycles. The highest BCUT2D eigenvalue weighted by Gasteiger charge is 2.22. The summed E-state index contributed by atoms with van der Waals surface area (Å²) in [5.41, 5.74) is 1.22. The summed E-state index contributed by atoms with van der Waals surface area (Å²) in [7, 11) is 0. The lowest BCUT2D eigenvalue weighted by molar-refractivity contribution is -0.128. The van der Waals surface area contributed by atoms with E-state index in [4.69, 9.17) is 0 Å². The van der Waals surface area contributed by atoms with Crippen molar-refractivity contribution in [3.05, 3.63) is 36.3 Å². The van der Waals surface area contributed by atoms with Crippen molar-refractivity contribution in [3.63, 3.8) is 0 Å². The van der Waals surface area contributed by atoms with Crippen molar-refractivity contribution >= 4 is 17.5 Å². The number of rotatable bonds is 1. The normalized spacial score (nSPS) is 16.0. The maximum Gasteiger partial charge on any atom is 0.274 e. The average molecular weight is 286 g/mol. The van der Waals surface area contributed by atoms with Gasteiger partial charge in [-0.2, -0.15) is 0 Å². The number of pyridine rings is 1. The van der Waals surface area contributed by atoms with E-state index in [1.54, 1.807) is 22.9 Å². The Hall–Kier alpha value is -2.37. The maximum absolute atomic E-state index is 12.5. The molecule has 1 saturated heterocycles. The van der Waals surface area contributed by atoms with Crippen LogP contribution in [0.3, 0.4) is 0 Å². The lowest BCUT2D eigenvalue weighted by atomic mass is 10.3. The van der Waals surface area contributed by atoms with Gasteiger partial charge in [0, 0.05) is 45.5 Å². The highest BCUT2D eigenvalue weighted by Crippen LogP contribution is 2.10. The molecule has 6 heteroatoms. The van der Waals surface area contributed by atoms with Gasteiger partial charge in [0.2, 0.25) is 5.91 Å². The Balaban J connectivity index is 1.77. The fourth-order valence-electron chi connectivity index (χ4n) is 2.64. The quantitative estimate of drug-likeness (QED) is 0.786. The number of amides is 2. The lowest BCUT2D eigenvalue weighted by Gasteiger charge is -2.20. The van der Waals surface area contributed by atoms with Gasteiger partial charge in [0.15, 0.2) is 0 Å². The predicted octanol–water partition coefficient (Wildman–Crippen LogP) is 1.03. The second kappa shape index (κ2) is 5.55. The molecule has 0 N–H and O–H groups in total. The van der Waals surface area contributed by atoms with Crippen LogP contribution in [0.5, 0.6) is 0 Å². The van der Waals surface area contributed by atoms with Gasteiger partial charge >= 0.3 is 0 Å². The summed E-state index contributed by atoms with van der Waals surface area (Å²) in [6, 6.07) is 5.67. The van der Waals surface area contributed by atoms with Crippen molar-refractivity contribution in [1.29, 1.82) is 0 Å². The third-order valence-corrected chi connectivity index (χ3v) is 3.81. The summed E-state index contributed by atoms with van der Waals surface area (Å²) >= 11 is 0. The van der Waals surface area contributed by atoms with Crippen molar-refractivity contribution in [2.24, 2.45) is 0 Å². The second-order valence-corrected chi connectivity index (χ2v) is 5.24. The van der Waals surface area contributed by atoms with Crippen molar-refractivity contribution in [2.75, 3.05) is 26.2 Å². The molecule has 1 aliphatic heterocycles. The van der Waals surface area contributed by atoms with Gasteiger partial charge in [0.05, 0.1) is 0 Å². The summed E-state index contributed by atoms with van der Waals surface area (Å²) in [6.07, 6.45) is 4.43. The van der Waals surface area contributed by atoms with E-state index >= 15 is 0 Å². The largest absolute Gasteiger partial charge is 0.341 e. The molecule has 0 radical (unpaired) electrons. The molecule has 1 aliphatic rings. The van der Waals surface area contributed by atoms with Gasteiger partial charge in [-0.1, -0.05) is 6.07 Å². The zero-order chi connectivity index (χ0) is 14.8. The minimum absolute atomic E-state index is 0.0656. The van der Waals surface area contributed by atoms with Gasteiger partial charge < -0.3 is 14.2 Å².